The predicted octanol–water partition coefficient (Wildman–Crippen LogP) is 1.27. The maximum atomic E-state index is 12.0. The van der Waals surface area contributed by atoms with E-state index in [2.05, 4.69) is 5.32 Å². The molecule has 1 saturated heterocycles. The van der Waals surface area contributed by atoms with Gasteiger partial charge in [-0.2, -0.15) is 0 Å². The van der Waals surface area contributed by atoms with Crippen molar-refractivity contribution in [2.45, 2.75) is 12.5 Å². The van der Waals surface area contributed by atoms with Crippen LogP contribution in [0.4, 0.5) is 4.79 Å². The lowest BCUT2D eigenvalue weighted by Gasteiger charge is -2.11. The number of nitrogens with zero attached hydrogens (tertiary/aromatic N) is 1. The van der Waals surface area contributed by atoms with Crippen molar-refractivity contribution in [2.75, 3.05) is 27.2 Å². The highest BCUT2D eigenvalue weighted by Gasteiger charge is 2.27. The molecule has 2 rings (SSSR count). The molecule has 0 aliphatic carbocycles. The number of methoxy groups -OCH3 is 1. The van der Waals surface area contributed by atoms with E-state index in [0.717, 1.165) is 0 Å². The molecule has 0 aromatic heterocycles. The SMILES string of the molecule is COc1ccccc1C(=O)NCCC1CN(C)C(=O)O1. The maximum Gasteiger partial charge on any atom is 0.409 e. The Labute approximate surface area is 117 Å². The monoisotopic (exact) mass is 278 g/mol. The van der Waals surface area contributed by atoms with Gasteiger partial charge in [0.2, 0.25) is 0 Å². The number of para-hydroxylation sites is 1. The van der Waals surface area contributed by atoms with Gasteiger partial charge < -0.3 is 19.7 Å². The number of cyclic esters (lactones) is 1. The Kier molecular flexibility index (Phi) is 4.45. The van der Waals surface area contributed by atoms with Crippen molar-refractivity contribution >= 4 is 12.0 Å². The number of amides is 2. The van der Waals surface area contributed by atoms with Crippen LogP contribution in [0.1, 0.15) is 16.8 Å². The van der Waals surface area contributed by atoms with Crippen molar-refractivity contribution in [2.24, 2.45) is 0 Å². The lowest BCUT2D eigenvalue weighted by atomic mass is 10.2. The number of nitrogens with one attached hydrogen (secondary N) is 1. The van der Waals surface area contributed by atoms with E-state index in [1.165, 1.54) is 12.0 Å². The molecule has 20 heavy (non-hydrogen) atoms. The number of rotatable bonds is 5. The molecule has 0 saturated carbocycles. The molecule has 108 valence electrons. The van der Waals surface area contributed by atoms with E-state index in [0.29, 0.717) is 30.8 Å². The van der Waals surface area contributed by atoms with Gasteiger partial charge in [0.25, 0.3) is 5.91 Å². The van der Waals surface area contributed by atoms with E-state index in [9.17, 15) is 9.59 Å². The zero-order chi connectivity index (χ0) is 14.5. The molecule has 1 unspecified atom stereocenters. The molecular weight excluding hydrogens is 260 g/mol. The summed E-state index contributed by atoms with van der Waals surface area (Å²) in [6, 6.07) is 7.04. The minimum absolute atomic E-state index is 0.162. The zero-order valence-electron chi connectivity index (χ0n) is 11.6. The Morgan fingerprint density at radius 3 is 2.90 bits per heavy atom. The number of carbonyl (C=O) groups excluding carboxylic acids is 2. The van der Waals surface area contributed by atoms with Gasteiger partial charge in [-0.3, -0.25) is 4.79 Å². The summed E-state index contributed by atoms with van der Waals surface area (Å²) in [5.41, 5.74) is 0.496. The van der Waals surface area contributed by atoms with Gasteiger partial charge >= 0.3 is 6.09 Å². The Bertz CT molecular complexity index is 504. The van der Waals surface area contributed by atoms with Crippen LogP contribution in [0, 0.1) is 0 Å². The van der Waals surface area contributed by atoms with Crippen LogP contribution in [-0.4, -0.2) is 50.3 Å². The first-order valence-corrected chi connectivity index (χ1v) is 6.44. The van der Waals surface area contributed by atoms with E-state index in [-0.39, 0.29) is 18.1 Å². The average Bonchev–Trinajstić information content (AvgIpc) is 2.77. The second-order valence-corrected chi connectivity index (χ2v) is 4.63. The third-order valence-electron chi connectivity index (χ3n) is 3.16. The van der Waals surface area contributed by atoms with E-state index in [1.54, 1.807) is 25.2 Å². The zero-order valence-corrected chi connectivity index (χ0v) is 11.6. The van der Waals surface area contributed by atoms with Crippen LogP contribution in [0.3, 0.4) is 0 Å². The van der Waals surface area contributed by atoms with Crippen molar-refractivity contribution in [3.05, 3.63) is 29.8 Å². The smallest absolute Gasteiger partial charge is 0.409 e. The van der Waals surface area contributed by atoms with Crippen LogP contribution in [-0.2, 0) is 4.74 Å². The second kappa shape index (κ2) is 6.27. The fourth-order valence-corrected chi connectivity index (χ4v) is 2.07. The first kappa shape index (κ1) is 14.2. The minimum Gasteiger partial charge on any atom is -0.496 e. The van der Waals surface area contributed by atoms with E-state index in [1.807, 2.05) is 6.07 Å². The molecule has 6 heteroatoms. The summed E-state index contributed by atoms with van der Waals surface area (Å²) in [4.78, 5) is 24.7. The fraction of sp³-hybridized carbons (Fsp3) is 0.429. The Hall–Kier alpha value is -2.24. The molecular formula is C14H18N2O4. The molecule has 1 fully saturated rings. The standard InChI is InChI=1S/C14H18N2O4/c1-16-9-10(20-14(16)18)7-8-15-13(17)11-5-3-4-6-12(11)19-2/h3-6,10H,7-9H2,1-2H3,(H,15,17). The molecule has 1 aliphatic rings. The average molecular weight is 278 g/mol. The quantitative estimate of drug-likeness (QED) is 0.880. The van der Waals surface area contributed by atoms with Gasteiger partial charge in [0, 0.05) is 20.0 Å². The van der Waals surface area contributed by atoms with Crippen LogP contribution >= 0.6 is 0 Å². The van der Waals surface area contributed by atoms with Crippen molar-refractivity contribution < 1.29 is 19.1 Å². The molecule has 1 heterocycles. The molecule has 0 spiro atoms. The molecule has 6 nitrogen and oxygen atoms in total. The topological polar surface area (TPSA) is 67.9 Å². The third-order valence-corrected chi connectivity index (χ3v) is 3.16. The summed E-state index contributed by atoms with van der Waals surface area (Å²) < 4.78 is 10.3. The van der Waals surface area contributed by atoms with Gasteiger partial charge in [-0.1, -0.05) is 12.1 Å². The lowest BCUT2D eigenvalue weighted by molar-refractivity contribution is 0.0941. The van der Waals surface area contributed by atoms with Crippen molar-refractivity contribution in [1.82, 2.24) is 10.2 Å². The fourth-order valence-electron chi connectivity index (χ4n) is 2.07. The first-order valence-electron chi connectivity index (χ1n) is 6.44. The predicted molar refractivity (Wildman–Crippen MR) is 72.8 cm³/mol. The Morgan fingerprint density at radius 1 is 1.50 bits per heavy atom. The molecule has 1 aromatic rings. The van der Waals surface area contributed by atoms with Gasteiger partial charge in [0.1, 0.15) is 11.9 Å². The number of hydrogen-bond donors (Lipinski definition) is 1. The number of benzene rings is 1. The summed E-state index contributed by atoms with van der Waals surface area (Å²) in [6.45, 7) is 1.01. The summed E-state index contributed by atoms with van der Waals surface area (Å²) in [5, 5.41) is 2.80. The molecule has 2 amide bonds. The first-order chi connectivity index (χ1) is 9.61. The Morgan fingerprint density at radius 2 is 2.25 bits per heavy atom. The number of likely N-dealkylation sites (N-methyl/N-ethyl adjacent to an activating group) is 1. The van der Waals surface area contributed by atoms with Gasteiger partial charge in [-0.25, -0.2) is 4.79 Å². The van der Waals surface area contributed by atoms with Crippen molar-refractivity contribution in [3.63, 3.8) is 0 Å². The third kappa shape index (κ3) is 3.20. The van der Waals surface area contributed by atoms with Crippen LogP contribution in [0.2, 0.25) is 0 Å². The number of ether oxygens (including phenoxy) is 2. The van der Waals surface area contributed by atoms with Crippen LogP contribution < -0.4 is 10.1 Å². The van der Waals surface area contributed by atoms with Gasteiger partial charge in [-0.15, -0.1) is 0 Å². The van der Waals surface area contributed by atoms with Gasteiger partial charge in [0.15, 0.2) is 0 Å². The second-order valence-electron chi connectivity index (χ2n) is 4.63. The van der Waals surface area contributed by atoms with E-state index < -0.39 is 0 Å². The molecule has 0 radical (unpaired) electrons. The highest BCUT2D eigenvalue weighted by molar-refractivity contribution is 5.96. The molecule has 0 bridgehead atoms. The number of hydrogen-bond acceptors (Lipinski definition) is 4. The van der Waals surface area contributed by atoms with Crippen molar-refractivity contribution in [1.29, 1.82) is 0 Å². The highest BCUT2D eigenvalue weighted by atomic mass is 16.6. The Balaban J connectivity index is 1.82. The molecule has 1 aliphatic heterocycles. The van der Waals surface area contributed by atoms with Crippen molar-refractivity contribution in [3.8, 4) is 5.75 Å². The summed E-state index contributed by atoms with van der Waals surface area (Å²) in [5.74, 6) is 0.345. The normalized spacial score (nSPS) is 17.8. The minimum atomic E-state index is -0.314. The number of carbonyl (C=O) groups is 2. The molecule has 1 N–H and O–H groups in total. The maximum absolute atomic E-state index is 12.0. The highest BCUT2D eigenvalue weighted by Crippen LogP contribution is 2.17. The lowest BCUT2D eigenvalue weighted by Crippen LogP contribution is -2.28. The summed E-state index contributed by atoms with van der Waals surface area (Å²) in [7, 11) is 3.22. The van der Waals surface area contributed by atoms with Crippen LogP contribution in [0.25, 0.3) is 0 Å². The van der Waals surface area contributed by atoms with Gasteiger partial charge in [-0.05, 0) is 12.1 Å². The van der Waals surface area contributed by atoms with Crippen LogP contribution in [0.15, 0.2) is 24.3 Å². The van der Waals surface area contributed by atoms with Crippen LogP contribution in [0.5, 0.6) is 5.75 Å². The molecule has 1 aromatic carbocycles. The summed E-state index contributed by atoms with van der Waals surface area (Å²) in [6.07, 6.45) is 0.119. The van der Waals surface area contributed by atoms with Gasteiger partial charge in [0.05, 0.1) is 19.2 Å². The largest absolute Gasteiger partial charge is 0.496 e. The molecule has 1 atom stereocenters. The van der Waals surface area contributed by atoms with E-state index >= 15 is 0 Å². The van der Waals surface area contributed by atoms with E-state index in [4.69, 9.17) is 9.47 Å². The summed E-state index contributed by atoms with van der Waals surface area (Å²) >= 11 is 0.